The number of amides is 1. The molecule has 2 aliphatic rings. The number of anilines is 1. The quantitative estimate of drug-likeness (QED) is 0.618. The number of pyridine rings is 1. The molecule has 1 spiro atoms. The standard InChI is InChI=1S/C25H32N2OS/c1-18-23(28)27(25(29-18)13-9-21(10-14-25)24(2,3)4)22-7-5-19(6-8-22)17-20-11-15-26-16-12-20/h5-8,11-12,15-16,18,21H,9-10,13-14,17H2,1-4H3/t18-,21?,25?/m1/s1. The fourth-order valence-corrected chi connectivity index (χ4v) is 6.59. The first kappa shape index (κ1) is 20.5. The molecule has 1 saturated carbocycles. The zero-order valence-electron chi connectivity index (χ0n) is 18.0. The molecule has 1 saturated heterocycles. The van der Waals surface area contributed by atoms with Gasteiger partial charge in [-0.05, 0) is 85.8 Å². The number of rotatable bonds is 3. The van der Waals surface area contributed by atoms with E-state index in [2.05, 4.69) is 74.0 Å². The molecule has 1 aromatic heterocycles. The number of carbonyl (C=O) groups is 1. The second-order valence-electron chi connectivity index (χ2n) is 9.72. The smallest absolute Gasteiger partial charge is 0.241 e. The van der Waals surface area contributed by atoms with Gasteiger partial charge in [0.05, 0.1) is 10.1 Å². The molecular weight excluding hydrogens is 376 g/mol. The van der Waals surface area contributed by atoms with Crippen LogP contribution in [0, 0.1) is 11.3 Å². The Balaban J connectivity index is 1.55. The third kappa shape index (κ3) is 4.09. The number of benzene rings is 1. The van der Waals surface area contributed by atoms with E-state index in [0.29, 0.717) is 5.41 Å². The molecule has 1 atom stereocenters. The SMILES string of the molecule is C[C@H]1SC2(CCC(C(C)(C)C)CC2)N(c2ccc(Cc3ccncc3)cc2)C1=O. The monoisotopic (exact) mass is 408 g/mol. The summed E-state index contributed by atoms with van der Waals surface area (Å²) in [7, 11) is 0. The van der Waals surface area contributed by atoms with Gasteiger partial charge >= 0.3 is 0 Å². The predicted octanol–water partition coefficient (Wildman–Crippen LogP) is 6.07. The van der Waals surface area contributed by atoms with Crippen molar-refractivity contribution >= 4 is 23.4 Å². The first-order chi connectivity index (χ1) is 13.8. The molecule has 29 heavy (non-hydrogen) atoms. The summed E-state index contributed by atoms with van der Waals surface area (Å²) in [5, 5.41) is 0.0395. The lowest BCUT2D eigenvalue weighted by Crippen LogP contribution is -2.48. The van der Waals surface area contributed by atoms with Crippen LogP contribution >= 0.6 is 11.8 Å². The van der Waals surface area contributed by atoms with Crippen molar-refractivity contribution in [3.63, 3.8) is 0 Å². The van der Waals surface area contributed by atoms with Crippen LogP contribution in [0.3, 0.4) is 0 Å². The average Bonchev–Trinajstić information content (AvgIpc) is 2.93. The van der Waals surface area contributed by atoms with Crippen molar-refractivity contribution in [1.82, 2.24) is 4.98 Å². The van der Waals surface area contributed by atoms with Crippen LogP contribution < -0.4 is 4.90 Å². The minimum absolute atomic E-state index is 0.0395. The van der Waals surface area contributed by atoms with Crippen LogP contribution in [0.4, 0.5) is 5.69 Å². The molecule has 0 bridgehead atoms. The predicted molar refractivity (Wildman–Crippen MR) is 122 cm³/mol. The van der Waals surface area contributed by atoms with E-state index < -0.39 is 0 Å². The van der Waals surface area contributed by atoms with Gasteiger partial charge in [-0.3, -0.25) is 14.7 Å². The van der Waals surface area contributed by atoms with Crippen molar-refractivity contribution in [2.75, 3.05) is 4.90 Å². The van der Waals surface area contributed by atoms with Gasteiger partial charge in [-0.25, -0.2) is 0 Å². The maximum Gasteiger partial charge on any atom is 0.241 e. The Morgan fingerprint density at radius 1 is 1.03 bits per heavy atom. The minimum Gasteiger partial charge on any atom is -0.296 e. The van der Waals surface area contributed by atoms with Crippen molar-refractivity contribution in [3.05, 3.63) is 59.9 Å². The highest BCUT2D eigenvalue weighted by Gasteiger charge is 2.52. The fourth-order valence-electron chi connectivity index (χ4n) is 4.95. The second kappa shape index (κ2) is 7.79. The van der Waals surface area contributed by atoms with E-state index in [0.717, 1.165) is 30.9 Å². The number of aromatic nitrogens is 1. The second-order valence-corrected chi connectivity index (χ2v) is 11.4. The Kier molecular flexibility index (Phi) is 5.50. The van der Waals surface area contributed by atoms with Crippen molar-refractivity contribution in [2.45, 2.75) is 69.9 Å². The maximum absolute atomic E-state index is 13.1. The van der Waals surface area contributed by atoms with Crippen molar-refractivity contribution in [2.24, 2.45) is 11.3 Å². The number of carbonyl (C=O) groups excluding carboxylic acids is 1. The van der Waals surface area contributed by atoms with E-state index >= 15 is 0 Å². The van der Waals surface area contributed by atoms with E-state index in [4.69, 9.17) is 0 Å². The maximum atomic E-state index is 13.1. The molecule has 0 unspecified atom stereocenters. The highest BCUT2D eigenvalue weighted by Crippen LogP contribution is 2.54. The van der Waals surface area contributed by atoms with Gasteiger partial charge in [-0.2, -0.15) is 0 Å². The highest BCUT2D eigenvalue weighted by atomic mass is 32.2. The third-order valence-electron chi connectivity index (χ3n) is 6.72. The molecule has 2 fully saturated rings. The Labute approximate surface area is 179 Å². The summed E-state index contributed by atoms with van der Waals surface area (Å²) in [6.45, 7) is 9.13. The molecule has 3 nitrogen and oxygen atoms in total. The Bertz CT molecular complexity index is 849. The molecule has 1 amide bonds. The van der Waals surface area contributed by atoms with E-state index in [9.17, 15) is 4.79 Å². The zero-order valence-corrected chi connectivity index (χ0v) is 18.8. The molecule has 4 heteroatoms. The van der Waals surface area contributed by atoms with Crippen LogP contribution in [-0.2, 0) is 11.2 Å². The van der Waals surface area contributed by atoms with Crippen LogP contribution in [0.5, 0.6) is 0 Å². The van der Waals surface area contributed by atoms with Gasteiger partial charge < -0.3 is 0 Å². The summed E-state index contributed by atoms with van der Waals surface area (Å²) in [4.78, 5) is 19.3. The summed E-state index contributed by atoms with van der Waals surface area (Å²) in [5.74, 6) is 1.01. The van der Waals surface area contributed by atoms with Crippen molar-refractivity contribution in [3.8, 4) is 0 Å². The van der Waals surface area contributed by atoms with Gasteiger partial charge in [0.25, 0.3) is 0 Å². The third-order valence-corrected chi connectivity index (χ3v) is 8.30. The summed E-state index contributed by atoms with van der Waals surface area (Å²) in [5.41, 5.74) is 3.92. The molecule has 0 N–H and O–H groups in total. The van der Waals surface area contributed by atoms with Crippen molar-refractivity contribution in [1.29, 1.82) is 0 Å². The van der Waals surface area contributed by atoms with Gasteiger partial charge in [-0.15, -0.1) is 11.8 Å². The van der Waals surface area contributed by atoms with Crippen LogP contribution in [0.15, 0.2) is 48.8 Å². The number of hydrogen-bond donors (Lipinski definition) is 0. The van der Waals surface area contributed by atoms with E-state index in [1.807, 2.05) is 24.2 Å². The summed E-state index contributed by atoms with van der Waals surface area (Å²) >= 11 is 1.89. The lowest BCUT2D eigenvalue weighted by Gasteiger charge is -2.45. The molecule has 2 heterocycles. The Hall–Kier alpha value is -1.81. The van der Waals surface area contributed by atoms with Crippen molar-refractivity contribution < 1.29 is 4.79 Å². The zero-order chi connectivity index (χ0) is 20.6. The Morgan fingerprint density at radius 3 is 2.21 bits per heavy atom. The van der Waals surface area contributed by atoms with Crippen LogP contribution in [0.1, 0.15) is 64.5 Å². The molecule has 4 rings (SSSR count). The lowest BCUT2D eigenvalue weighted by molar-refractivity contribution is -0.118. The topological polar surface area (TPSA) is 33.2 Å². The van der Waals surface area contributed by atoms with E-state index in [1.54, 1.807) is 0 Å². The number of thioether (sulfide) groups is 1. The highest BCUT2D eigenvalue weighted by molar-refractivity contribution is 8.02. The summed E-state index contributed by atoms with van der Waals surface area (Å²) in [6.07, 6.45) is 9.15. The fraction of sp³-hybridized carbons (Fsp3) is 0.520. The lowest BCUT2D eigenvalue weighted by atomic mass is 9.71. The average molecular weight is 409 g/mol. The first-order valence-corrected chi connectivity index (χ1v) is 11.7. The molecule has 1 aliphatic carbocycles. The van der Waals surface area contributed by atoms with Gasteiger partial charge in [0.2, 0.25) is 5.91 Å². The number of hydrogen-bond acceptors (Lipinski definition) is 3. The van der Waals surface area contributed by atoms with Gasteiger partial charge in [0.15, 0.2) is 0 Å². The van der Waals surface area contributed by atoms with Crippen LogP contribution in [-0.4, -0.2) is 21.0 Å². The molecule has 2 aromatic rings. The van der Waals surface area contributed by atoms with E-state index in [-0.39, 0.29) is 16.0 Å². The molecule has 1 aromatic carbocycles. The molecule has 154 valence electrons. The van der Waals surface area contributed by atoms with Crippen LogP contribution in [0.2, 0.25) is 0 Å². The molecular formula is C25H32N2OS. The van der Waals surface area contributed by atoms with Crippen LogP contribution in [0.25, 0.3) is 0 Å². The summed E-state index contributed by atoms with van der Waals surface area (Å²) < 4.78 is 0. The van der Waals surface area contributed by atoms with Gasteiger partial charge in [0, 0.05) is 18.1 Å². The van der Waals surface area contributed by atoms with Gasteiger partial charge in [0.1, 0.15) is 0 Å². The first-order valence-electron chi connectivity index (χ1n) is 10.8. The van der Waals surface area contributed by atoms with E-state index in [1.165, 1.54) is 24.0 Å². The molecule has 1 aliphatic heterocycles. The minimum atomic E-state index is -0.0646. The molecule has 0 radical (unpaired) electrons. The Morgan fingerprint density at radius 2 is 1.62 bits per heavy atom. The van der Waals surface area contributed by atoms with Gasteiger partial charge in [-0.1, -0.05) is 32.9 Å². The largest absolute Gasteiger partial charge is 0.296 e. The normalized spacial score (nSPS) is 27.6. The summed E-state index contributed by atoms with van der Waals surface area (Å²) in [6, 6.07) is 12.7. The number of nitrogens with zero attached hydrogens (tertiary/aromatic N) is 2.